The highest BCUT2D eigenvalue weighted by atomic mass is 16.6. The lowest BCUT2D eigenvalue weighted by molar-refractivity contribution is -0.385. The Morgan fingerprint density at radius 3 is 1.83 bits per heavy atom. The Hall–Kier alpha value is -4.02. The van der Waals surface area contributed by atoms with E-state index in [0.717, 1.165) is 36.1 Å². The van der Waals surface area contributed by atoms with Crippen LogP contribution in [0.1, 0.15) is 78.5 Å². The number of hydrogen-bond acceptors (Lipinski definition) is 12. The first-order valence-electron chi connectivity index (χ1n) is 15.7. The second-order valence-corrected chi connectivity index (χ2v) is 12.2. The fraction of sp³-hybridized carbons (Fsp3) is 0.516. The fourth-order valence-electron chi connectivity index (χ4n) is 6.21. The van der Waals surface area contributed by atoms with Gasteiger partial charge >= 0.3 is 20.6 Å². The lowest BCUT2D eigenvalue weighted by atomic mass is 9.75. The Morgan fingerprint density at radius 2 is 1.40 bits per heavy atom. The van der Waals surface area contributed by atoms with E-state index < -0.39 is 22.9 Å². The van der Waals surface area contributed by atoms with Crippen LogP contribution in [0.3, 0.4) is 0 Å². The summed E-state index contributed by atoms with van der Waals surface area (Å²) in [6.07, 6.45) is 12.7. The predicted molar refractivity (Wildman–Crippen MR) is 180 cm³/mol. The number of nitrogens with one attached hydrogen (secondary N) is 1. The molecule has 2 aromatic rings. The number of non-ortho nitro benzene ring substituents is 2. The number of rotatable bonds is 12. The molecular formula is C31H43B2N4O11. The summed E-state index contributed by atoms with van der Waals surface area (Å²) in [6, 6.07) is 8.12. The SMILES string of the molecule is CNC1CCC(CC2CCC(N(C)CC(=O)O)CC2)CC1.O=Cc1cc(B(O)O)cc([N+](=O)[O-])c1.O=Cc1cc([B]O)cc([N+](=O)[O-])c1. The van der Waals surface area contributed by atoms with Crippen LogP contribution in [0.2, 0.25) is 0 Å². The number of benzene rings is 2. The lowest BCUT2D eigenvalue weighted by Gasteiger charge is -2.36. The van der Waals surface area contributed by atoms with Crippen LogP contribution < -0.4 is 16.2 Å². The zero-order valence-corrected chi connectivity index (χ0v) is 27.1. The molecule has 2 saturated carbocycles. The van der Waals surface area contributed by atoms with Crippen molar-refractivity contribution in [3.05, 3.63) is 67.8 Å². The van der Waals surface area contributed by atoms with Crippen LogP contribution in [0, 0.1) is 32.1 Å². The van der Waals surface area contributed by atoms with E-state index in [1.165, 1.54) is 76.0 Å². The van der Waals surface area contributed by atoms with Gasteiger partial charge in [-0.2, -0.15) is 0 Å². The zero-order valence-electron chi connectivity index (χ0n) is 27.1. The van der Waals surface area contributed by atoms with Crippen LogP contribution in [0.5, 0.6) is 0 Å². The minimum atomic E-state index is -1.83. The van der Waals surface area contributed by atoms with Crippen LogP contribution in [0.4, 0.5) is 11.4 Å². The third-order valence-corrected chi connectivity index (χ3v) is 8.81. The van der Waals surface area contributed by atoms with Gasteiger partial charge < -0.3 is 25.5 Å². The predicted octanol–water partition coefficient (Wildman–Crippen LogP) is 1.46. The topological polar surface area (TPSA) is 234 Å². The molecule has 2 fully saturated rings. The van der Waals surface area contributed by atoms with Gasteiger partial charge in [0.2, 0.25) is 0 Å². The molecule has 0 unspecified atom stereocenters. The van der Waals surface area contributed by atoms with Crippen molar-refractivity contribution in [3.8, 4) is 0 Å². The average molecular weight is 669 g/mol. The van der Waals surface area contributed by atoms with E-state index in [0.29, 0.717) is 26.1 Å². The number of nitrogens with zero attached hydrogens (tertiary/aromatic N) is 3. The highest BCUT2D eigenvalue weighted by Gasteiger charge is 2.28. The van der Waals surface area contributed by atoms with E-state index in [-0.39, 0.29) is 40.0 Å². The summed E-state index contributed by atoms with van der Waals surface area (Å²) in [5.41, 5.74) is -0.225. The number of carboxylic acid groups (broad SMARTS) is 1. The van der Waals surface area contributed by atoms with E-state index in [4.69, 9.17) is 20.2 Å². The molecule has 0 saturated heterocycles. The molecule has 1 radical (unpaired) electrons. The van der Waals surface area contributed by atoms with Crippen molar-refractivity contribution < 1.29 is 44.4 Å². The summed E-state index contributed by atoms with van der Waals surface area (Å²) in [5, 5.41) is 59.1. The molecule has 5 N–H and O–H groups in total. The first-order chi connectivity index (χ1) is 22.8. The van der Waals surface area contributed by atoms with Gasteiger partial charge in [0, 0.05) is 47.5 Å². The van der Waals surface area contributed by atoms with E-state index >= 15 is 0 Å². The normalized spacial score (nSPS) is 20.2. The second-order valence-electron chi connectivity index (χ2n) is 12.2. The van der Waals surface area contributed by atoms with Crippen LogP contribution in [0.15, 0.2) is 36.4 Å². The third kappa shape index (κ3) is 13.6. The molecule has 4 rings (SSSR count). The molecule has 15 nitrogen and oxygen atoms in total. The van der Waals surface area contributed by atoms with Crippen LogP contribution >= 0.6 is 0 Å². The van der Waals surface area contributed by atoms with Crippen molar-refractivity contribution in [2.45, 2.75) is 69.9 Å². The maximum absolute atomic E-state index is 10.8. The largest absolute Gasteiger partial charge is 0.488 e. The molecule has 0 bridgehead atoms. The molecule has 2 aliphatic rings. The maximum Gasteiger partial charge on any atom is 0.488 e. The molecule has 0 aliphatic heterocycles. The van der Waals surface area contributed by atoms with Crippen molar-refractivity contribution >= 4 is 55.4 Å². The fourth-order valence-corrected chi connectivity index (χ4v) is 6.21. The summed E-state index contributed by atoms with van der Waals surface area (Å²) in [7, 11) is 2.92. The monoisotopic (exact) mass is 669 g/mol. The summed E-state index contributed by atoms with van der Waals surface area (Å²) in [4.78, 5) is 52.9. The standard InChI is InChI=1S/C17H32N2O2.C7H6BNO5.C7H5BNO4/c1-18-15-7-3-13(4-8-15)11-14-5-9-16(10-6-14)19(2)12-17(20)21;10-4-5-1-6(8(11)12)3-7(2-5)9(13)14;10-4-5-1-6(8-11)3-7(2-5)9(12)13/h13-16,18H,3-12H2,1-2H3,(H,20,21);1-4,11-12H;1-4,11H. The molecule has 0 spiro atoms. The molecule has 17 heteroatoms. The zero-order chi connectivity index (χ0) is 35.8. The molecule has 0 aromatic heterocycles. The van der Waals surface area contributed by atoms with E-state index in [2.05, 4.69) is 12.4 Å². The average Bonchev–Trinajstić information content (AvgIpc) is 3.08. The van der Waals surface area contributed by atoms with Crippen LogP contribution in [0.25, 0.3) is 0 Å². The molecule has 0 amide bonds. The van der Waals surface area contributed by atoms with Crippen molar-refractivity contribution in [2.24, 2.45) is 11.8 Å². The molecular weight excluding hydrogens is 626 g/mol. The highest BCUT2D eigenvalue weighted by molar-refractivity contribution is 6.58. The Labute approximate surface area is 280 Å². The van der Waals surface area contributed by atoms with E-state index in [1.807, 2.05) is 11.9 Å². The summed E-state index contributed by atoms with van der Waals surface area (Å²) < 4.78 is 0. The van der Waals surface area contributed by atoms with Gasteiger partial charge in [0.15, 0.2) is 0 Å². The summed E-state index contributed by atoms with van der Waals surface area (Å²) in [5.74, 6) is 1.12. The van der Waals surface area contributed by atoms with E-state index in [1.54, 1.807) is 0 Å². The van der Waals surface area contributed by atoms with Crippen LogP contribution in [-0.2, 0) is 4.79 Å². The molecule has 2 aromatic carbocycles. The molecule has 0 heterocycles. The molecule has 48 heavy (non-hydrogen) atoms. The Balaban J connectivity index is 0.000000261. The molecule has 259 valence electrons. The first kappa shape index (κ1) is 40.2. The van der Waals surface area contributed by atoms with E-state index in [9.17, 15) is 34.6 Å². The number of carboxylic acids is 1. The van der Waals surface area contributed by atoms with Crippen molar-refractivity contribution in [3.63, 3.8) is 0 Å². The number of aliphatic carboxylic acids is 1. The first-order valence-corrected chi connectivity index (χ1v) is 15.7. The minimum absolute atomic E-state index is 0.0299. The Bertz CT molecular complexity index is 1380. The highest BCUT2D eigenvalue weighted by Crippen LogP contribution is 2.36. The third-order valence-electron chi connectivity index (χ3n) is 8.81. The van der Waals surface area contributed by atoms with Gasteiger partial charge in [0.25, 0.3) is 11.4 Å². The number of aldehydes is 2. The van der Waals surface area contributed by atoms with Crippen molar-refractivity contribution in [2.75, 3.05) is 20.6 Å². The smallest absolute Gasteiger partial charge is 0.480 e. The molecule has 0 atom stereocenters. The lowest BCUT2D eigenvalue weighted by Crippen LogP contribution is -2.38. The number of nitro groups is 2. The van der Waals surface area contributed by atoms with Gasteiger partial charge in [-0.05, 0) is 94.6 Å². The number of carbonyl (C=O) groups is 3. The Morgan fingerprint density at radius 1 is 0.896 bits per heavy atom. The quantitative estimate of drug-likeness (QED) is 0.0933. The van der Waals surface area contributed by atoms with Gasteiger partial charge in [-0.1, -0.05) is 12.1 Å². The summed E-state index contributed by atoms with van der Waals surface area (Å²) >= 11 is 0. The van der Waals surface area contributed by atoms with Crippen molar-refractivity contribution in [1.29, 1.82) is 0 Å². The van der Waals surface area contributed by atoms with Crippen molar-refractivity contribution in [1.82, 2.24) is 10.2 Å². The minimum Gasteiger partial charge on any atom is -0.480 e. The van der Waals surface area contributed by atoms with Gasteiger partial charge in [0.1, 0.15) is 12.6 Å². The van der Waals surface area contributed by atoms with Gasteiger partial charge in [-0.15, -0.1) is 0 Å². The van der Waals surface area contributed by atoms with Gasteiger partial charge in [-0.25, -0.2) is 0 Å². The number of carbonyl (C=O) groups excluding carboxylic acids is 2. The number of nitro benzene ring substituents is 2. The van der Waals surface area contributed by atoms with Gasteiger partial charge in [-0.3, -0.25) is 39.5 Å². The summed E-state index contributed by atoms with van der Waals surface area (Å²) in [6.45, 7) is 0.184. The van der Waals surface area contributed by atoms with Crippen LogP contribution in [-0.4, -0.2) is 101 Å². The van der Waals surface area contributed by atoms with Gasteiger partial charge in [0.05, 0.1) is 16.4 Å². The number of likely N-dealkylation sites (N-methyl/N-ethyl adjacent to an activating group) is 1. The number of hydrogen-bond donors (Lipinski definition) is 5. The molecule has 2 aliphatic carbocycles. The Kier molecular flexibility index (Phi) is 17.0. The maximum atomic E-state index is 10.8. The second kappa shape index (κ2) is 20.4.